The summed E-state index contributed by atoms with van der Waals surface area (Å²) in [4.78, 5) is 2.22. The summed E-state index contributed by atoms with van der Waals surface area (Å²) in [6.07, 6.45) is 54.3. The van der Waals surface area contributed by atoms with Crippen molar-refractivity contribution in [2.75, 3.05) is 27.2 Å². The zero-order valence-electron chi connectivity index (χ0n) is 30.2. The fourth-order valence-corrected chi connectivity index (χ4v) is 5.88. The Hall–Kier alpha value is -1.68. The molecule has 0 spiro atoms. The lowest BCUT2D eigenvalue weighted by Gasteiger charge is -2.29. The molecule has 0 N–H and O–H groups in total. The van der Waals surface area contributed by atoms with E-state index in [1.807, 2.05) is 0 Å². The van der Waals surface area contributed by atoms with Crippen molar-refractivity contribution in [2.45, 2.75) is 167 Å². The SMILES string of the molecule is CC/C=C\C/C=C\C/C=C\CCCCCCCCC1(CCCCCCCC/C=C\C/C=C\C/C=C\CC)OCC(CN(C)C)O1. The van der Waals surface area contributed by atoms with Crippen molar-refractivity contribution in [3.05, 3.63) is 72.9 Å². The van der Waals surface area contributed by atoms with E-state index in [-0.39, 0.29) is 11.9 Å². The number of allylic oxidation sites excluding steroid dienone is 12. The van der Waals surface area contributed by atoms with E-state index in [2.05, 4.69) is 106 Å². The van der Waals surface area contributed by atoms with Crippen LogP contribution in [0.1, 0.15) is 155 Å². The van der Waals surface area contributed by atoms with Crippen LogP contribution in [0.3, 0.4) is 0 Å². The molecule has 0 aromatic heterocycles. The highest BCUT2D eigenvalue weighted by atomic mass is 16.7. The molecule has 3 heteroatoms. The van der Waals surface area contributed by atoms with Crippen LogP contribution in [-0.2, 0) is 9.47 Å². The van der Waals surface area contributed by atoms with Crippen molar-refractivity contribution in [1.82, 2.24) is 4.90 Å². The van der Waals surface area contributed by atoms with Crippen LogP contribution in [0.25, 0.3) is 0 Å². The molecule has 0 amide bonds. The van der Waals surface area contributed by atoms with E-state index in [4.69, 9.17) is 9.47 Å². The average Bonchev–Trinajstić information content (AvgIpc) is 3.42. The molecule has 1 aliphatic rings. The molecule has 1 unspecified atom stereocenters. The lowest BCUT2D eigenvalue weighted by atomic mass is 9.98. The molecule has 0 aliphatic carbocycles. The molecule has 1 saturated heterocycles. The van der Waals surface area contributed by atoms with E-state index in [0.29, 0.717) is 0 Å². The quantitative estimate of drug-likeness (QED) is 0.0587. The van der Waals surface area contributed by atoms with Crippen LogP contribution in [-0.4, -0.2) is 44.0 Å². The standard InChI is InChI=1S/C42H73NO2/c1-5-7-9-11-13-15-17-19-21-23-25-27-29-31-33-35-37-42(44-40-41(45-42)39-43(3)4)38-36-34-32-30-28-26-24-22-20-18-16-14-12-10-8-6-2/h7-10,13-16,19-22,41H,5-6,11-12,17-18,23-40H2,1-4H3/b9-7-,10-8-,15-13-,16-14-,21-19-,22-20-. The maximum absolute atomic E-state index is 6.61. The summed E-state index contributed by atoms with van der Waals surface area (Å²) in [6, 6.07) is 0. The summed E-state index contributed by atoms with van der Waals surface area (Å²) >= 11 is 0. The van der Waals surface area contributed by atoms with Gasteiger partial charge in [-0.3, -0.25) is 0 Å². The van der Waals surface area contributed by atoms with Crippen LogP contribution in [0.4, 0.5) is 0 Å². The first kappa shape index (κ1) is 41.3. The first-order chi connectivity index (χ1) is 22.1. The van der Waals surface area contributed by atoms with E-state index in [0.717, 1.165) is 64.5 Å². The fraction of sp³-hybridized carbons (Fsp3) is 0.714. The Morgan fingerprint density at radius 2 is 0.889 bits per heavy atom. The highest BCUT2D eigenvalue weighted by molar-refractivity contribution is 4.98. The van der Waals surface area contributed by atoms with E-state index in [9.17, 15) is 0 Å². The van der Waals surface area contributed by atoms with Crippen molar-refractivity contribution >= 4 is 0 Å². The summed E-state index contributed by atoms with van der Waals surface area (Å²) in [7, 11) is 4.26. The molecule has 0 aromatic carbocycles. The van der Waals surface area contributed by atoms with Crippen LogP contribution in [0.15, 0.2) is 72.9 Å². The maximum Gasteiger partial charge on any atom is 0.168 e. The van der Waals surface area contributed by atoms with Crippen molar-refractivity contribution < 1.29 is 9.47 Å². The van der Waals surface area contributed by atoms with Crippen molar-refractivity contribution in [1.29, 1.82) is 0 Å². The first-order valence-corrected chi connectivity index (χ1v) is 19.0. The number of nitrogens with zero attached hydrogens (tertiary/aromatic N) is 1. The zero-order valence-corrected chi connectivity index (χ0v) is 30.2. The topological polar surface area (TPSA) is 21.7 Å². The summed E-state index contributed by atoms with van der Waals surface area (Å²) in [5, 5.41) is 0. The Labute approximate surface area is 281 Å². The fourth-order valence-electron chi connectivity index (χ4n) is 5.88. The molecular formula is C42H73NO2. The van der Waals surface area contributed by atoms with Crippen LogP contribution in [0.2, 0.25) is 0 Å². The second-order valence-corrected chi connectivity index (χ2v) is 13.1. The predicted octanol–water partition coefficient (Wildman–Crippen LogP) is 12.6. The monoisotopic (exact) mass is 624 g/mol. The van der Waals surface area contributed by atoms with E-state index in [1.54, 1.807) is 0 Å². The predicted molar refractivity (Wildman–Crippen MR) is 200 cm³/mol. The van der Waals surface area contributed by atoms with Crippen LogP contribution in [0, 0.1) is 0 Å². The van der Waals surface area contributed by atoms with Crippen LogP contribution >= 0.6 is 0 Å². The molecule has 1 fully saturated rings. The highest BCUT2D eigenvalue weighted by Crippen LogP contribution is 2.35. The summed E-state index contributed by atoms with van der Waals surface area (Å²) < 4.78 is 13.0. The minimum atomic E-state index is -0.336. The maximum atomic E-state index is 6.61. The Morgan fingerprint density at radius 1 is 0.511 bits per heavy atom. The molecule has 0 bridgehead atoms. The lowest BCUT2D eigenvalue weighted by molar-refractivity contribution is -0.180. The van der Waals surface area contributed by atoms with E-state index < -0.39 is 0 Å². The van der Waals surface area contributed by atoms with E-state index in [1.165, 1.54) is 89.9 Å². The third-order valence-electron chi connectivity index (χ3n) is 8.40. The van der Waals surface area contributed by atoms with Crippen LogP contribution in [0.5, 0.6) is 0 Å². The summed E-state index contributed by atoms with van der Waals surface area (Å²) in [5.74, 6) is -0.336. The minimum absolute atomic E-state index is 0.211. The Kier molecular flexibility index (Phi) is 28.4. The van der Waals surface area contributed by atoms with Crippen molar-refractivity contribution in [3.63, 3.8) is 0 Å². The molecule has 0 radical (unpaired) electrons. The molecule has 1 heterocycles. The van der Waals surface area contributed by atoms with Gasteiger partial charge in [-0.15, -0.1) is 0 Å². The van der Waals surface area contributed by atoms with Crippen molar-refractivity contribution in [3.8, 4) is 0 Å². The molecule has 258 valence electrons. The minimum Gasteiger partial charge on any atom is -0.347 e. The molecule has 0 saturated carbocycles. The smallest absolute Gasteiger partial charge is 0.168 e. The zero-order chi connectivity index (χ0) is 32.5. The van der Waals surface area contributed by atoms with Crippen molar-refractivity contribution in [2.24, 2.45) is 0 Å². The number of hydrogen-bond donors (Lipinski definition) is 0. The third-order valence-corrected chi connectivity index (χ3v) is 8.40. The van der Waals surface area contributed by atoms with Gasteiger partial charge < -0.3 is 14.4 Å². The van der Waals surface area contributed by atoms with Gasteiger partial charge in [-0.2, -0.15) is 0 Å². The van der Waals surface area contributed by atoms with Gasteiger partial charge in [-0.05, 0) is 91.1 Å². The van der Waals surface area contributed by atoms with Gasteiger partial charge >= 0.3 is 0 Å². The highest BCUT2D eigenvalue weighted by Gasteiger charge is 2.40. The molecule has 3 nitrogen and oxygen atoms in total. The van der Waals surface area contributed by atoms with E-state index >= 15 is 0 Å². The summed E-state index contributed by atoms with van der Waals surface area (Å²) in [5.41, 5.74) is 0. The number of likely N-dealkylation sites (N-methyl/N-ethyl adjacent to an activating group) is 1. The van der Waals surface area contributed by atoms with Gasteiger partial charge in [0.25, 0.3) is 0 Å². The second-order valence-electron chi connectivity index (χ2n) is 13.1. The van der Waals surface area contributed by atoms with Gasteiger partial charge in [-0.1, -0.05) is 138 Å². The second kappa shape index (κ2) is 30.9. The number of unbranched alkanes of at least 4 members (excludes halogenated alkanes) is 12. The largest absolute Gasteiger partial charge is 0.347 e. The van der Waals surface area contributed by atoms with Gasteiger partial charge in [0.15, 0.2) is 5.79 Å². The van der Waals surface area contributed by atoms with Gasteiger partial charge in [0.1, 0.15) is 0 Å². The van der Waals surface area contributed by atoms with Gasteiger partial charge in [0, 0.05) is 19.4 Å². The van der Waals surface area contributed by atoms with Crippen LogP contribution < -0.4 is 0 Å². The Morgan fingerprint density at radius 3 is 1.31 bits per heavy atom. The third kappa shape index (κ3) is 26.1. The average molecular weight is 624 g/mol. The number of ether oxygens (including phenoxy) is 2. The lowest BCUT2D eigenvalue weighted by Crippen LogP contribution is -2.33. The molecular weight excluding hydrogens is 550 g/mol. The Bertz CT molecular complexity index is 765. The molecule has 1 atom stereocenters. The number of hydrogen-bond acceptors (Lipinski definition) is 3. The molecule has 1 aliphatic heterocycles. The van der Waals surface area contributed by atoms with Gasteiger partial charge in [0.05, 0.1) is 12.7 Å². The summed E-state index contributed by atoms with van der Waals surface area (Å²) in [6.45, 7) is 6.06. The first-order valence-electron chi connectivity index (χ1n) is 19.0. The van der Waals surface area contributed by atoms with Gasteiger partial charge in [-0.25, -0.2) is 0 Å². The normalized spacial score (nSPS) is 17.4. The number of rotatable bonds is 30. The Balaban J connectivity index is 2.15. The molecule has 45 heavy (non-hydrogen) atoms. The molecule has 1 rings (SSSR count). The molecule has 0 aromatic rings. The van der Waals surface area contributed by atoms with Gasteiger partial charge in [0.2, 0.25) is 0 Å².